The van der Waals surface area contributed by atoms with E-state index < -0.39 is 11.6 Å². The Balaban J connectivity index is 0.00000106. The summed E-state index contributed by atoms with van der Waals surface area (Å²) < 4.78 is 23.5. The van der Waals surface area contributed by atoms with Crippen LogP contribution in [0.15, 0.2) is 42.5 Å². The molecule has 1 aromatic heterocycles. The van der Waals surface area contributed by atoms with Crippen LogP contribution in [-0.4, -0.2) is 11.6 Å². The second-order valence-corrected chi connectivity index (χ2v) is 9.24. The maximum Gasteiger partial charge on any atom is 0.246 e. The minimum absolute atomic E-state index is 0.612. The van der Waals surface area contributed by atoms with E-state index in [2.05, 4.69) is 37.3 Å². The van der Waals surface area contributed by atoms with E-state index in [1.807, 2.05) is 53.7 Å². The highest BCUT2D eigenvalue weighted by Gasteiger charge is 2.34. The van der Waals surface area contributed by atoms with E-state index >= 15 is 0 Å². The normalized spacial score (nSPS) is 16.8. The van der Waals surface area contributed by atoms with E-state index in [9.17, 15) is 0 Å². The molecule has 2 aromatic carbocycles. The predicted molar refractivity (Wildman–Crippen MR) is 122 cm³/mol. The quantitative estimate of drug-likeness (QED) is 0.428. The van der Waals surface area contributed by atoms with Gasteiger partial charge in [-0.15, -0.1) is 11.3 Å². The summed E-state index contributed by atoms with van der Waals surface area (Å²) in [5.41, 5.74) is 3.34. The average molecular weight is 425 g/mol. The Labute approximate surface area is 182 Å². The number of benzene rings is 2. The summed E-state index contributed by atoms with van der Waals surface area (Å²) in [6, 6.07) is 14.6. The molecule has 3 aromatic rings. The van der Waals surface area contributed by atoms with Gasteiger partial charge >= 0.3 is 0 Å². The van der Waals surface area contributed by atoms with Crippen molar-refractivity contribution in [3.8, 4) is 43.9 Å². The molecular weight excluding hydrogens is 396 g/mol. The lowest BCUT2D eigenvalue weighted by molar-refractivity contribution is -0.0438. The third-order valence-electron chi connectivity index (χ3n) is 4.77. The summed E-state index contributed by atoms with van der Waals surface area (Å²) in [4.78, 5) is 2.37. The molecule has 0 radical (unpaired) electrons. The van der Waals surface area contributed by atoms with Crippen LogP contribution >= 0.6 is 11.3 Å². The summed E-state index contributed by atoms with van der Waals surface area (Å²) in [6.45, 7) is 13.7. The van der Waals surface area contributed by atoms with Crippen LogP contribution in [0, 0.1) is 6.92 Å². The van der Waals surface area contributed by atoms with E-state index in [0.717, 1.165) is 39.7 Å². The van der Waals surface area contributed by atoms with Crippen LogP contribution in [0.5, 0.6) is 23.0 Å². The van der Waals surface area contributed by atoms with Crippen molar-refractivity contribution >= 4 is 11.3 Å². The first-order valence-corrected chi connectivity index (χ1v) is 11.2. The predicted octanol–water partition coefficient (Wildman–Crippen LogP) is 7.43. The van der Waals surface area contributed by atoms with Gasteiger partial charge in [-0.25, -0.2) is 0 Å². The van der Waals surface area contributed by atoms with Crippen molar-refractivity contribution in [1.82, 2.24) is 0 Å². The fourth-order valence-corrected chi connectivity index (χ4v) is 4.64. The molecule has 0 saturated carbocycles. The number of aryl methyl sites for hydroxylation is 1. The van der Waals surface area contributed by atoms with Gasteiger partial charge in [-0.3, -0.25) is 0 Å². The van der Waals surface area contributed by atoms with Gasteiger partial charge in [-0.1, -0.05) is 13.8 Å². The molecule has 2 aliphatic heterocycles. The molecule has 0 fully saturated rings. The van der Waals surface area contributed by atoms with Crippen LogP contribution in [0.3, 0.4) is 0 Å². The van der Waals surface area contributed by atoms with Crippen LogP contribution < -0.4 is 18.9 Å². The number of rotatable bonds is 2. The molecular formula is C25H28O4S. The molecule has 5 heteroatoms. The van der Waals surface area contributed by atoms with Crippen LogP contribution in [0.2, 0.25) is 0 Å². The summed E-state index contributed by atoms with van der Waals surface area (Å²) >= 11 is 1.75. The van der Waals surface area contributed by atoms with Gasteiger partial charge in [0.1, 0.15) is 0 Å². The topological polar surface area (TPSA) is 36.9 Å². The molecule has 0 amide bonds. The lowest BCUT2D eigenvalue weighted by Crippen LogP contribution is -2.29. The molecule has 0 bridgehead atoms. The molecule has 5 rings (SSSR count). The smallest absolute Gasteiger partial charge is 0.246 e. The Kier molecular flexibility index (Phi) is 4.97. The Morgan fingerprint density at radius 1 is 0.633 bits per heavy atom. The second kappa shape index (κ2) is 7.24. The SMILES string of the molecule is CC.Cc1cc(-c2ccc(-c3ccc4c(c3)OC(C)(C)O4)s2)cc2c1OC(C)(C)O2. The van der Waals surface area contributed by atoms with E-state index in [-0.39, 0.29) is 0 Å². The highest BCUT2D eigenvalue weighted by molar-refractivity contribution is 7.18. The minimum Gasteiger partial charge on any atom is -0.449 e. The zero-order valence-electron chi connectivity index (χ0n) is 18.6. The number of hydrogen-bond acceptors (Lipinski definition) is 5. The summed E-state index contributed by atoms with van der Waals surface area (Å²) in [5.74, 6) is 1.99. The number of hydrogen-bond donors (Lipinski definition) is 0. The van der Waals surface area contributed by atoms with Gasteiger partial charge in [-0.05, 0) is 66.1 Å². The molecule has 2 aliphatic rings. The van der Waals surface area contributed by atoms with Gasteiger partial charge in [-0.2, -0.15) is 0 Å². The van der Waals surface area contributed by atoms with Gasteiger partial charge in [0, 0.05) is 37.4 Å². The van der Waals surface area contributed by atoms with Gasteiger partial charge in [0.25, 0.3) is 0 Å². The number of thiophene rings is 1. The molecule has 3 heterocycles. The summed E-state index contributed by atoms with van der Waals surface area (Å²) in [5, 5.41) is 0. The molecule has 30 heavy (non-hydrogen) atoms. The molecule has 4 nitrogen and oxygen atoms in total. The fourth-order valence-electron chi connectivity index (χ4n) is 3.65. The molecule has 0 N–H and O–H groups in total. The number of ether oxygens (including phenoxy) is 4. The first-order valence-electron chi connectivity index (χ1n) is 10.3. The monoisotopic (exact) mass is 424 g/mol. The third-order valence-corrected chi connectivity index (χ3v) is 5.96. The van der Waals surface area contributed by atoms with E-state index in [1.165, 1.54) is 9.75 Å². The maximum atomic E-state index is 5.95. The first kappa shape index (κ1) is 20.6. The summed E-state index contributed by atoms with van der Waals surface area (Å²) in [6.07, 6.45) is 0. The molecule has 0 atom stereocenters. The Bertz CT molecular complexity index is 1090. The van der Waals surface area contributed by atoms with E-state index in [1.54, 1.807) is 11.3 Å². The average Bonchev–Trinajstić information content (AvgIpc) is 3.35. The lowest BCUT2D eigenvalue weighted by atomic mass is 10.1. The summed E-state index contributed by atoms with van der Waals surface area (Å²) in [7, 11) is 0. The Hall–Kier alpha value is -2.66. The van der Waals surface area contributed by atoms with Crippen molar-refractivity contribution < 1.29 is 18.9 Å². The van der Waals surface area contributed by atoms with Crippen molar-refractivity contribution in [1.29, 1.82) is 0 Å². The fraction of sp³-hybridized carbons (Fsp3) is 0.360. The van der Waals surface area contributed by atoms with Crippen molar-refractivity contribution in [2.75, 3.05) is 0 Å². The highest BCUT2D eigenvalue weighted by atomic mass is 32.1. The zero-order valence-corrected chi connectivity index (χ0v) is 19.4. The Morgan fingerprint density at radius 2 is 1.20 bits per heavy atom. The molecule has 158 valence electrons. The largest absolute Gasteiger partial charge is 0.449 e. The van der Waals surface area contributed by atoms with Crippen molar-refractivity contribution in [3.63, 3.8) is 0 Å². The Morgan fingerprint density at radius 3 is 1.93 bits per heavy atom. The number of fused-ring (bicyclic) bond motifs is 2. The van der Waals surface area contributed by atoms with Gasteiger partial charge in [0.05, 0.1) is 0 Å². The zero-order chi connectivity index (χ0) is 21.7. The maximum absolute atomic E-state index is 5.95. The van der Waals surface area contributed by atoms with Crippen molar-refractivity contribution in [2.45, 2.75) is 60.0 Å². The molecule has 0 saturated heterocycles. The minimum atomic E-state index is -0.618. The van der Waals surface area contributed by atoms with Crippen LogP contribution in [0.4, 0.5) is 0 Å². The highest BCUT2D eigenvalue weighted by Crippen LogP contribution is 2.47. The van der Waals surface area contributed by atoms with Gasteiger partial charge in [0.15, 0.2) is 23.0 Å². The van der Waals surface area contributed by atoms with Gasteiger partial charge in [0.2, 0.25) is 11.6 Å². The molecule has 0 unspecified atom stereocenters. The van der Waals surface area contributed by atoms with Gasteiger partial charge < -0.3 is 18.9 Å². The van der Waals surface area contributed by atoms with Crippen LogP contribution in [0.25, 0.3) is 20.9 Å². The third kappa shape index (κ3) is 3.74. The standard InChI is InChI=1S/C23H22O4S.C2H6/c1-13-10-15(12-18-21(13)27-23(4,5)26-18)20-9-8-19(28-20)14-6-7-16-17(11-14)25-22(2,3)24-16;1-2/h6-12H,1-5H3;1-2H3. The lowest BCUT2D eigenvalue weighted by Gasteiger charge is -2.16. The van der Waals surface area contributed by atoms with Crippen molar-refractivity contribution in [2.24, 2.45) is 0 Å². The van der Waals surface area contributed by atoms with Crippen LogP contribution in [0.1, 0.15) is 47.1 Å². The molecule has 0 spiro atoms. The van der Waals surface area contributed by atoms with E-state index in [4.69, 9.17) is 18.9 Å². The molecule has 0 aliphatic carbocycles. The van der Waals surface area contributed by atoms with E-state index in [0.29, 0.717) is 0 Å². The van der Waals surface area contributed by atoms with Crippen molar-refractivity contribution in [3.05, 3.63) is 48.0 Å². The first-order chi connectivity index (χ1) is 14.2. The second-order valence-electron chi connectivity index (χ2n) is 8.15. The van der Waals surface area contributed by atoms with Crippen LogP contribution in [-0.2, 0) is 0 Å².